The largest absolute Gasteiger partial charge is 0.374 e. The zero-order chi connectivity index (χ0) is 13.5. The lowest BCUT2D eigenvalue weighted by Gasteiger charge is -2.23. The van der Waals surface area contributed by atoms with Gasteiger partial charge in [-0.2, -0.15) is 0 Å². The van der Waals surface area contributed by atoms with E-state index in [1.165, 1.54) is 11.1 Å². The van der Waals surface area contributed by atoms with Crippen LogP contribution < -0.4 is 10.6 Å². The molecule has 19 heavy (non-hydrogen) atoms. The Morgan fingerprint density at radius 3 is 2.74 bits per heavy atom. The van der Waals surface area contributed by atoms with Gasteiger partial charge < -0.3 is 15.4 Å². The molecule has 0 amide bonds. The van der Waals surface area contributed by atoms with Gasteiger partial charge in [0.2, 0.25) is 0 Å². The van der Waals surface area contributed by atoms with Gasteiger partial charge in [0, 0.05) is 19.6 Å². The van der Waals surface area contributed by atoms with Crippen LogP contribution in [-0.4, -0.2) is 38.9 Å². The second-order valence-electron chi connectivity index (χ2n) is 5.55. The molecule has 1 saturated heterocycles. The van der Waals surface area contributed by atoms with Crippen molar-refractivity contribution in [1.29, 1.82) is 0 Å². The first-order valence-electron chi connectivity index (χ1n) is 7.37. The van der Waals surface area contributed by atoms with Crippen LogP contribution >= 0.6 is 0 Å². The number of hydrogen-bond donors (Lipinski definition) is 2. The van der Waals surface area contributed by atoms with Crippen LogP contribution in [0.3, 0.4) is 0 Å². The molecule has 1 heterocycles. The summed E-state index contributed by atoms with van der Waals surface area (Å²) >= 11 is 0. The molecule has 0 aromatic heterocycles. The highest BCUT2D eigenvalue weighted by molar-refractivity contribution is 5.24. The minimum absolute atomic E-state index is 0.331. The minimum Gasteiger partial charge on any atom is -0.374 e. The van der Waals surface area contributed by atoms with E-state index in [0.717, 1.165) is 39.2 Å². The van der Waals surface area contributed by atoms with Gasteiger partial charge in [-0.15, -0.1) is 0 Å². The van der Waals surface area contributed by atoms with Gasteiger partial charge >= 0.3 is 0 Å². The Morgan fingerprint density at radius 1 is 1.32 bits per heavy atom. The third kappa shape index (κ3) is 4.94. The van der Waals surface area contributed by atoms with Crippen LogP contribution in [0.25, 0.3) is 0 Å². The van der Waals surface area contributed by atoms with Crippen molar-refractivity contribution < 1.29 is 4.74 Å². The van der Waals surface area contributed by atoms with Gasteiger partial charge in [0.25, 0.3) is 0 Å². The van der Waals surface area contributed by atoms with Gasteiger partial charge in [-0.3, -0.25) is 0 Å². The summed E-state index contributed by atoms with van der Waals surface area (Å²) in [5, 5.41) is 6.82. The Morgan fingerprint density at radius 2 is 2.11 bits per heavy atom. The van der Waals surface area contributed by atoms with E-state index in [-0.39, 0.29) is 0 Å². The number of morpholine rings is 1. The Kier molecular flexibility index (Phi) is 5.83. The number of rotatable bonds is 6. The quantitative estimate of drug-likeness (QED) is 0.769. The fraction of sp³-hybridized carbons (Fsp3) is 0.625. The van der Waals surface area contributed by atoms with Crippen molar-refractivity contribution in [3.63, 3.8) is 0 Å². The summed E-state index contributed by atoms with van der Waals surface area (Å²) in [5.41, 5.74) is 2.82. The van der Waals surface area contributed by atoms with E-state index in [9.17, 15) is 0 Å². The van der Waals surface area contributed by atoms with Gasteiger partial charge in [-0.25, -0.2) is 0 Å². The highest BCUT2D eigenvalue weighted by Gasteiger charge is 2.11. The van der Waals surface area contributed by atoms with E-state index < -0.39 is 0 Å². The molecule has 106 valence electrons. The number of nitrogens with one attached hydrogen (secondary N) is 2. The molecular formula is C16H26N2O. The molecule has 3 heteroatoms. The summed E-state index contributed by atoms with van der Waals surface area (Å²) in [6.45, 7) is 9.21. The maximum absolute atomic E-state index is 5.65. The molecule has 1 aliphatic heterocycles. The molecule has 2 rings (SSSR count). The number of ether oxygens (including phenoxy) is 1. The van der Waals surface area contributed by atoms with Gasteiger partial charge in [-0.1, -0.05) is 38.1 Å². The van der Waals surface area contributed by atoms with Crippen molar-refractivity contribution in [3.8, 4) is 0 Å². The van der Waals surface area contributed by atoms with Crippen LogP contribution in [0.1, 0.15) is 30.9 Å². The normalized spacial score (nSPS) is 19.8. The van der Waals surface area contributed by atoms with Crippen molar-refractivity contribution in [2.75, 3.05) is 32.8 Å². The fourth-order valence-corrected chi connectivity index (χ4v) is 2.32. The van der Waals surface area contributed by atoms with E-state index in [1.807, 2.05) is 0 Å². The van der Waals surface area contributed by atoms with Crippen LogP contribution in [0.5, 0.6) is 0 Å². The van der Waals surface area contributed by atoms with E-state index in [2.05, 4.69) is 48.7 Å². The molecule has 1 aromatic rings. The van der Waals surface area contributed by atoms with Gasteiger partial charge in [-0.05, 0) is 30.0 Å². The Balaban J connectivity index is 1.64. The molecule has 0 bridgehead atoms. The lowest BCUT2D eigenvalue weighted by Crippen LogP contribution is -2.44. The fourth-order valence-electron chi connectivity index (χ4n) is 2.32. The number of benzene rings is 1. The molecular weight excluding hydrogens is 236 g/mol. The highest BCUT2D eigenvalue weighted by atomic mass is 16.5. The molecule has 0 radical (unpaired) electrons. The molecule has 2 N–H and O–H groups in total. The van der Waals surface area contributed by atoms with E-state index in [0.29, 0.717) is 12.0 Å². The zero-order valence-corrected chi connectivity index (χ0v) is 12.1. The standard InChI is InChI=1S/C16H26N2O/c1-13(2)15-5-3-14(4-6-15)7-8-17-11-16-12-18-9-10-19-16/h3-6,13,16-18H,7-12H2,1-2H3. The Labute approximate surface area is 116 Å². The molecule has 1 aliphatic rings. The van der Waals surface area contributed by atoms with Crippen LogP contribution in [0.15, 0.2) is 24.3 Å². The van der Waals surface area contributed by atoms with Crippen LogP contribution in [0, 0.1) is 0 Å². The lowest BCUT2D eigenvalue weighted by molar-refractivity contribution is 0.0294. The maximum atomic E-state index is 5.65. The third-order valence-electron chi connectivity index (χ3n) is 3.61. The highest BCUT2D eigenvalue weighted by Crippen LogP contribution is 2.14. The Hall–Kier alpha value is -0.900. The van der Waals surface area contributed by atoms with Crippen molar-refractivity contribution >= 4 is 0 Å². The topological polar surface area (TPSA) is 33.3 Å². The molecule has 0 aliphatic carbocycles. The van der Waals surface area contributed by atoms with Crippen molar-refractivity contribution in [3.05, 3.63) is 35.4 Å². The van der Waals surface area contributed by atoms with Crippen LogP contribution in [0.4, 0.5) is 0 Å². The predicted molar refractivity (Wildman–Crippen MR) is 79.7 cm³/mol. The van der Waals surface area contributed by atoms with Gasteiger partial charge in [0.15, 0.2) is 0 Å². The van der Waals surface area contributed by atoms with Crippen LogP contribution in [-0.2, 0) is 11.2 Å². The van der Waals surface area contributed by atoms with Gasteiger partial charge in [0.05, 0.1) is 12.7 Å². The van der Waals surface area contributed by atoms with Crippen molar-refractivity contribution in [1.82, 2.24) is 10.6 Å². The monoisotopic (exact) mass is 262 g/mol. The molecule has 1 unspecified atom stereocenters. The molecule has 3 nitrogen and oxygen atoms in total. The molecule has 1 fully saturated rings. The smallest absolute Gasteiger partial charge is 0.0824 e. The second kappa shape index (κ2) is 7.63. The number of hydrogen-bond acceptors (Lipinski definition) is 3. The summed E-state index contributed by atoms with van der Waals surface area (Å²) in [6.07, 6.45) is 1.41. The summed E-state index contributed by atoms with van der Waals surface area (Å²) in [4.78, 5) is 0. The van der Waals surface area contributed by atoms with E-state index in [4.69, 9.17) is 4.74 Å². The lowest BCUT2D eigenvalue weighted by atomic mass is 10.0. The second-order valence-corrected chi connectivity index (χ2v) is 5.55. The summed E-state index contributed by atoms with van der Waals surface area (Å²) in [5.74, 6) is 0.614. The maximum Gasteiger partial charge on any atom is 0.0824 e. The first-order chi connectivity index (χ1) is 9.25. The predicted octanol–water partition coefficient (Wildman–Crippen LogP) is 1.93. The minimum atomic E-state index is 0.331. The van der Waals surface area contributed by atoms with Crippen molar-refractivity contribution in [2.24, 2.45) is 0 Å². The molecule has 1 atom stereocenters. The Bertz CT molecular complexity index is 356. The summed E-state index contributed by atoms with van der Waals surface area (Å²) in [7, 11) is 0. The molecule has 0 saturated carbocycles. The summed E-state index contributed by atoms with van der Waals surface area (Å²) < 4.78 is 5.65. The summed E-state index contributed by atoms with van der Waals surface area (Å²) in [6, 6.07) is 8.98. The molecule has 0 spiro atoms. The average Bonchev–Trinajstić information content (AvgIpc) is 2.45. The van der Waals surface area contributed by atoms with E-state index in [1.54, 1.807) is 0 Å². The van der Waals surface area contributed by atoms with Crippen LogP contribution in [0.2, 0.25) is 0 Å². The SMILES string of the molecule is CC(C)c1ccc(CCNCC2CNCCO2)cc1. The first-order valence-corrected chi connectivity index (χ1v) is 7.37. The van der Waals surface area contributed by atoms with Gasteiger partial charge in [0.1, 0.15) is 0 Å². The van der Waals surface area contributed by atoms with Crippen molar-refractivity contribution in [2.45, 2.75) is 32.3 Å². The third-order valence-corrected chi connectivity index (χ3v) is 3.61. The average molecular weight is 262 g/mol. The van der Waals surface area contributed by atoms with E-state index >= 15 is 0 Å². The first kappa shape index (κ1) is 14.5. The molecule has 1 aromatic carbocycles. The zero-order valence-electron chi connectivity index (χ0n) is 12.1.